The topological polar surface area (TPSA) is 76.1 Å². The number of sulfone groups is 1. The number of amides is 1. The minimum atomic E-state index is -3.20. The molecule has 2 aromatic rings. The van der Waals surface area contributed by atoms with Gasteiger partial charge in [-0.3, -0.25) is 9.78 Å². The van der Waals surface area contributed by atoms with E-state index in [9.17, 15) is 13.2 Å². The minimum Gasteiger partial charge on any atom is -0.350 e. The van der Waals surface area contributed by atoms with Crippen LogP contribution in [0.5, 0.6) is 0 Å². The Morgan fingerprint density at radius 2 is 1.91 bits per heavy atom. The fraction of sp³-hybridized carbons (Fsp3) is 0.294. The molecule has 0 spiro atoms. The fourth-order valence-electron chi connectivity index (χ4n) is 2.20. The van der Waals surface area contributed by atoms with Crippen LogP contribution in [0.3, 0.4) is 0 Å². The maximum Gasteiger partial charge on any atom is 0.220 e. The van der Waals surface area contributed by atoms with Crippen molar-refractivity contribution in [2.75, 3.05) is 6.26 Å². The molecule has 0 fully saturated rings. The lowest BCUT2D eigenvalue weighted by Crippen LogP contribution is -2.26. The molecule has 1 N–H and O–H groups in total. The first-order valence-electron chi connectivity index (χ1n) is 7.34. The molecule has 1 amide bonds. The van der Waals surface area contributed by atoms with Crippen LogP contribution in [0.15, 0.2) is 53.7 Å². The summed E-state index contributed by atoms with van der Waals surface area (Å²) in [6, 6.07) is 10.2. The molecule has 0 unspecified atom stereocenters. The Balaban J connectivity index is 1.90. The van der Waals surface area contributed by atoms with Gasteiger partial charge in [0.05, 0.1) is 10.9 Å². The maximum absolute atomic E-state index is 12.0. The molecule has 0 saturated carbocycles. The van der Waals surface area contributed by atoms with Crippen molar-refractivity contribution < 1.29 is 13.2 Å². The average Bonchev–Trinajstić information content (AvgIpc) is 2.53. The Hall–Kier alpha value is -2.21. The number of rotatable bonds is 6. The number of carbonyl (C=O) groups excluding carboxylic acids is 1. The van der Waals surface area contributed by atoms with Gasteiger partial charge in [0.2, 0.25) is 5.91 Å². The van der Waals surface area contributed by atoms with E-state index in [0.29, 0.717) is 12.8 Å². The Kier molecular flexibility index (Phi) is 5.50. The molecule has 1 aromatic carbocycles. The second-order valence-electron chi connectivity index (χ2n) is 5.49. The van der Waals surface area contributed by atoms with Crippen LogP contribution in [0.25, 0.3) is 0 Å². The zero-order valence-electron chi connectivity index (χ0n) is 13.2. The zero-order valence-corrected chi connectivity index (χ0v) is 14.0. The quantitative estimate of drug-likeness (QED) is 0.880. The number of carbonyl (C=O) groups is 1. The molecule has 1 heterocycles. The molecule has 0 radical (unpaired) electrons. The molecular formula is C17H20N2O3S. The van der Waals surface area contributed by atoms with Gasteiger partial charge in [0.15, 0.2) is 9.84 Å². The van der Waals surface area contributed by atoms with Gasteiger partial charge in [0.25, 0.3) is 0 Å². The van der Waals surface area contributed by atoms with E-state index in [1.54, 1.807) is 36.7 Å². The van der Waals surface area contributed by atoms with Crippen molar-refractivity contribution in [2.24, 2.45) is 0 Å². The highest BCUT2D eigenvalue weighted by Crippen LogP contribution is 2.16. The molecule has 23 heavy (non-hydrogen) atoms. The number of nitrogens with zero attached hydrogens (tertiary/aromatic N) is 1. The van der Waals surface area contributed by atoms with E-state index in [1.807, 2.05) is 19.1 Å². The van der Waals surface area contributed by atoms with E-state index < -0.39 is 9.84 Å². The Bertz CT molecular complexity index is 756. The van der Waals surface area contributed by atoms with Crippen molar-refractivity contribution in [1.82, 2.24) is 10.3 Å². The summed E-state index contributed by atoms with van der Waals surface area (Å²) in [6.45, 7) is 1.87. The number of hydrogen-bond donors (Lipinski definition) is 1. The second-order valence-corrected chi connectivity index (χ2v) is 7.51. The lowest BCUT2D eigenvalue weighted by molar-refractivity contribution is -0.121. The van der Waals surface area contributed by atoms with Crippen LogP contribution in [0.2, 0.25) is 0 Å². The van der Waals surface area contributed by atoms with Gasteiger partial charge < -0.3 is 5.32 Å². The molecule has 122 valence electrons. The molecule has 0 bridgehead atoms. The lowest BCUT2D eigenvalue weighted by atomic mass is 10.1. The molecule has 1 aromatic heterocycles. The Labute approximate surface area is 136 Å². The summed E-state index contributed by atoms with van der Waals surface area (Å²) < 4.78 is 22.9. The first kappa shape index (κ1) is 17.1. The molecule has 2 rings (SSSR count). The van der Waals surface area contributed by atoms with Crippen molar-refractivity contribution >= 4 is 15.7 Å². The van der Waals surface area contributed by atoms with E-state index >= 15 is 0 Å². The summed E-state index contributed by atoms with van der Waals surface area (Å²) in [5, 5.41) is 2.92. The number of hydrogen-bond acceptors (Lipinski definition) is 4. The molecule has 0 aliphatic carbocycles. The van der Waals surface area contributed by atoms with Crippen molar-refractivity contribution in [3.8, 4) is 0 Å². The van der Waals surface area contributed by atoms with Crippen molar-refractivity contribution in [2.45, 2.75) is 30.7 Å². The van der Waals surface area contributed by atoms with Gasteiger partial charge in [0, 0.05) is 25.1 Å². The largest absolute Gasteiger partial charge is 0.350 e. The summed E-state index contributed by atoms with van der Waals surface area (Å²) in [5.74, 6) is -0.0476. The highest BCUT2D eigenvalue weighted by atomic mass is 32.2. The highest BCUT2D eigenvalue weighted by molar-refractivity contribution is 7.90. The first-order valence-corrected chi connectivity index (χ1v) is 9.23. The molecular weight excluding hydrogens is 312 g/mol. The van der Waals surface area contributed by atoms with Gasteiger partial charge >= 0.3 is 0 Å². The Morgan fingerprint density at radius 1 is 1.22 bits per heavy atom. The smallest absolute Gasteiger partial charge is 0.220 e. The predicted octanol–water partition coefficient (Wildman–Crippen LogP) is 2.30. The molecule has 1 atom stereocenters. The van der Waals surface area contributed by atoms with Gasteiger partial charge in [-0.15, -0.1) is 0 Å². The predicted molar refractivity (Wildman–Crippen MR) is 88.7 cm³/mol. The van der Waals surface area contributed by atoms with E-state index in [0.717, 1.165) is 11.1 Å². The van der Waals surface area contributed by atoms with E-state index in [4.69, 9.17) is 0 Å². The maximum atomic E-state index is 12.0. The highest BCUT2D eigenvalue weighted by Gasteiger charge is 2.12. The van der Waals surface area contributed by atoms with E-state index in [1.165, 1.54) is 6.26 Å². The van der Waals surface area contributed by atoms with Crippen LogP contribution in [0.1, 0.15) is 30.5 Å². The van der Waals surface area contributed by atoms with Gasteiger partial charge in [-0.2, -0.15) is 0 Å². The van der Waals surface area contributed by atoms with Gasteiger partial charge in [-0.05, 0) is 42.7 Å². The molecule has 5 nitrogen and oxygen atoms in total. The number of nitrogens with one attached hydrogen (secondary N) is 1. The van der Waals surface area contributed by atoms with Gasteiger partial charge in [0.1, 0.15) is 0 Å². The second kappa shape index (κ2) is 7.37. The SMILES string of the molecule is C[C@@H](NC(=O)CCc1cccnc1)c1ccc(S(C)(=O)=O)cc1. The number of aryl methyl sites for hydroxylation is 1. The van der Waals surface area contributed by atoms with Crippen LogP contribution in [-0.2, 0) is 21.1 Å². The molecule has 0 aliphatic rings. The summed E-state index contributed by atoms with van der Waals surface area (Å²) in [5.41, 5.74) is 1.89. The van der Waals surface area contributed by atoms with Crippen LogP contribution in [0, 0.1) is 0 Å². The van der Waals surface area contributed by atoms with Gasteiger partial charge in [-0.25, -0.2) is 8.42 Å². The number of pyridine rings is 1. The third kappa shape index (κ3) is 5.17. The fourth-order valence-corrected chi connectivity index (χ4v) is 2.84. The average molecular weight is 332 g/mol. The Morgan fingerprint density at radius 3 is 2.48 bits per heavy atom. The molecule has 0 saturated heterocycles. The monoisotopic (exact) mass is 332 g/mol. The van der Waals surface area contributed by atoms with E-state index in [-0.39, 0.29) is 16.8 Å². The van der Waals surface area contributed by atoms with Crippen molar-refractivity contribution in [1.29, 1.82) is 0 Å². The summed E-state index contributed by atoms with van der Waals surface area (Å²) in [6.07, 6.45) is 5.65. The number of aromatic nitrogens is 1. The summed E-state index contributed by atoms with van der Waals surface area (Å²) in [4.78, 5) is 16.3. The molecule has 0 aliphatic heterocycles. The van der Waals surface area contributed by atoms with Crippen LogP contribution >= 0.6 is 0 Å². The third-order valence-electron chi connectivity index (χ3n) is 3.55. The lowest BCUT2D eigenvalue weighted by Gasteiger charge is -2.14. The molecule has 6 heteroatoms. The van der Waals surface area contributed by atoms with E-state index in [2.05, 4.69) is 10.3 Å². The zero-order chi connectivity index (χ0) is 16.9. The van der Waals surface area contributed by atoms with Gasteiger partial charge in [-0.1, -0.05) is 18.2 Å². The third-order valence-corrected chi connectivity index (χ3v) is 4.68. The summed E-state index contributed by atoms with van der Waals surface area (Å²) in [7, 11) is -3.20. The van der Waals surface area contributed by atoms with Crippen LogP contribution < -0.4 is 5.32 Å². The standard InChI is InChI=1S/C17H20N2O3S/c1-13(15-6-8-16(9-7-15)23(2,21)22)19-17(20)10-5-14-4-3-11-18-12-14/h3-4,6-9,11-13H,5,10H2,1-2H3,(H,19,20)/t13-/m1/s1. The normalized spacial score (nSPS) is 12.6. The minimum absolute atomic E-state index is 0.0476. The van der Waals surface area contributed by atoms with Crippen molar-refractivity contribution in [3.05, 3.63) is 59.9 Å². The summed E-state index contributed by atoms with van der Waals surface area (Å²) >= 11 is 0. The van der Waals surface area contributed by atoms with Crippen LogP contribution in [0.4, 0.5) is 0 Å². The number of benzene rings is 1. The van der Waals surface area contributed by atoms with Crippen molar-refractivity contribution in [3.63, 3.8) is 0 Å². The first-order chi connectivity index (χ1) is 10.9. The van der Waals surface area contributed by atoms with Crippen LogP contribution in [-0.4, -0.2) is 25.6 Å².